The minimum absolute atomic E-state index is 0. The van der Waals surface area contributed by atoms with E-state index >= 15 is 0 Å². The molecule has 0 aliphatic rings. The smallest absolute Gasteiger partial charge is 0.273 e. The van der Waals surface area contributed by atoms with Crippen molar-refractivity contribution >= 4 is 17.9 Å². The first-order chi connectivity index (χ1) is 8.68. The van der Waals surface area contributed by atoms with E-state index in [4.69, 9.17) is 4.79 Å². The summed E-state index contributed by atoms with van der Waals surface area (Å²) < 4.78 is 0. The summed E-state index contributed by atoms with van der Waals surface area (Å²) in [5, 5.41) is -0.639. The Morgan fingerprint density at radius 1 is 0.842 bits per heavy atom. The Kier molecular flexibility index (Phi) is 10.1. The fraction of sp³-hybridized carbons (Fsp3) is 0.133. The van der Waals surface area contributed by atoms with Crippen LogP contribution in [0.2, 0.25) is 0 Å². The average molecular weight is 325 g/mol. The Morgan fingerprint density at radius 2 is 1.11 bits per heavy atom. The maximum atomic E-state index is 9.09. The number of aryl methyl sites for hydroxylation is 2. The van der Waals surface area contributed by atoms with E-state index in [1.165, 1.54) is 11.1 Å². The van der Waals surface area contributed by atoms with Gasteiger partial charge in [0.1, 0.15) is 0 Å². The summed E-state index contributed by atoms with van der Waals surface area (Å²) in [6, 6.07) is 21.2. The van der Waals surface area contributed by atoms with Crippen LogP contribution in [-0.2, 0) is 32.3 Å². The Labute approximate surface area is 132 Å². The van der Waals surface area contributed by atoms with Gasteiger partial charge in [0.05, 0.1) is 0 Å². The number of thiol groups is 1. The zero-order chi connectivity index (χ0) is 13.2. The largest absolute Gasteiger partial charge is 0.361 e. The van der Waals surface area contributed by atoms with Crippen LogP contribution < -0.4 is 5.73 Å². The number of amides is 1. The standard InChI is InChI=1S/C14H14.CH3NOS.Zn/c1-3-7-13(8-4-1)11-12-14-9-5-2-6-10-14;2-1(3)4;/h1-10H,11-12H2;(H3,2,3,4);. The summed E-state index contributed by atoms with van der Waals surface area (Å²) in [5.41, 5.74) is 7.16. The molecule has 96 valence electrons. The van der Waals surface area contributed by atoms with E-state index in [-0.39, 0.29) is 19.5 Å². The third kappa shape index (κ3) is 9.46. The van der Waals surface area contributed by atoms with E-state index in [0.717, 1.165) is 12.8 Å². The first-order valence-electron chi connectivity index (χ1n) is 5.74. The summed E-state index contributed by atoms with van der Waals surface area (Å²) in [7, 11) is 0. The Morgan fingerprint density at radius 3 is 1.37 bits per heavy atom. The van der Waals surface area contributed by atoms with Crippen LogP contribution in [0.15, 0.2) is 60.7 Å². The summed E-state index contributed by atoms with van der Waals surface area (Å²) in [6.45, 7) is 0. The van der Waals surface area contributed by atoms with Crippen molar-refractivity contribution < 1.29 is 24.3 Å². The second-order valence-electron chi connectivity index (χ2n) is 3.81. The average Bonchev–Trinajstić information content (AvgIpc) is 2.38. The molecular formula is C15H17NOSZn. The molecule has 0 bridgehead atoms. The van der Waals surface area contributed by atoms with Crippen molar-refractivity contribution in [2.45, 2.75) is 12.8 Å². The molecule has 0 spiro atoms. The molecule has 0 aliphatic carbocycles. The first-order valence-corrected chi connectivity index (χ1v) is 6.19. The van der Waals surface area contributed by atoms with Gasteiger partial charge in [0.25, 0.3) is 5.24 Å². The van der Waals surface area contributed by atoms with Gasteiger partial charge in [-0.25, -0.2) is 0 Å². The number of benzene rings is 2. The molecule has 19 heavy (non-hydrogen) atoms. The molecule has 2 aromatic carbocycles. The summed E-state index contributed by atoms with van der Waals surface area (Å²) in [6.07, 6.45) is 2.26. The second kappa shape index (κ2) is 10.8. The normalized spacial score (nSPS) is 8.68. The van der Waals surface area contributed by atoms with Crippen molar-refractivity contribution in [3.63, 3.8) is 0 Å². The molecule has 0 atom stereocenters. The minimum atomic E-state index is -0.639. The molecule has 0 aliphatic heterocycles. The van der Waals surface area contributed by atoms with Gasteiger partial charge in [0.15, 0.2) is 0 Å². The van der Waals surface area contributed by atoms with Gasteiger partial charge in [-0.1, -0.05) is 73.3 Å². The molecule has 2 aromatic rings. The number of primary amides is 1. The topological polar surface area (TPSA) is 43.1 Å². The quantitative estimate of drug-likeness (QED) is 0.659. The molecule has 0 fully saturated rings. The van der Waals surface area contributed by atoms with Crippen molar-refractivity contribution in [2.24, 2.45) is 5.73 Å². The molecule has 0 saturated carbocycles. The molecule has 2 nitrogen and oxygen atoms in total. The predicted molar refractivity (Wildman–Crippen MR) is 78.9 cm³/mol. The predicted octanol–water partition coefficient (Wildman–Crippen LogP) is 3.46. The molecule has 1 amide bonds. The third-order valence-electron chi connectivity index (χ3n) is 2.39. The SMILES string of the molecule is NC(=O)S.[Zn].c1ccc(CCc2ccccc2)cc1. The van der Waals surface area contributed by atoms with Crippen molar-refractivity contribution in [1.29, 1.82) is 0 Å². The van der Waals surface area contributed by atoms with Crippen molar-refractivity contribution in [2.75, 3.05) is 0 Å². The molecule has 4 heteroatoms. The number of nitrogens with two attached hydrogens (primary N) is 1. The van der Waals surface area contributed by atoms with E-state index in [9.17, 15) is 0 Å². The number of carbonyl (C=O) groups excluding carboxylic acids is 1. The van der Waals surface area contributed by atoms with Gasteiger partial charge < -0.3 is 5.73 Å². The van der Waals surface area contributed by atoms with Crippen molar-refractivity contribution in [3.05, 3.63) is 71.8 Å². The van der Waals surface area contributed by atoms with Crippen LogP contribution in [0, 0.1) is 0 Å². The second-order valence-corrected chi connectivity index (χ2v) is 4.25. The molecule has 0 radical (unpaired) electrons. The summed E-state index contributed by atoms with van der Waals surface area (Å²) in [5.74, 6) is 0. The molecule has 2 N–H and O–H groups in total. The van der Waals surface area contributed by atoms with Gasteiger partial charge in [0.2, 0.25) is 0 Å². The first kappa shape index (κ1) is 17.9. The maximum Gasteiger partial charge on any atom is 0.273 e. The van der Waals surface area contributed by atoms with Crippen LogP contribution in [0.5, 0.6) is 0 Å². The number of hydrogen-bond donors (Lipinski definition) is 2. The van der Waals surface area contributed by atoms with Gasteiger partial charge >= 0.3 is 0 Å². The van der Waals surface area contributed by atoms with Gasteiger partial charge in [-0.2, -0.15) is 0 Å². The van der Waals surface area contributed by atoms with Gasteiger partial charge in [0, 0.05) is 19.5 Å². The Balaban J connectivity index is 0.000000576. The zero-order valence-electron chi connectivity index (χ0n) is 10.8. The van der Waals surface area contributed by atoms with E-state index in [1.807, 2.05) is 0 Å². The van der Waals surface area contributed by atoms with Gasteiger partial charge in [-0.3, -0.25) is 4.79 Å². The monoisotopic (exact) mass is 323 g/mol. The summed E-state index contributed by atoms with van der Waals surface area (Å²) in [4.78, 5) is 9.09. The van der Waals surface area contributed by atoms with Crippen LogP contribution in [-0.4, -0.2) is 5.24 Å². The third-order valence-corrected chi connectivity index (χ3v) is 2.39. The van der Waals surface area contributed by atoms with Crippen LogP contribution >= 0.6 is 12.6 Å². The van der Waals surface area contributed by atoms with Gasteiger partial charge in [-0.05, 0) is 24.0 Å². The van der Waals surface area contributed by atoms with E-state index in [0.29, 0.717) is 0 Å². The number of rotatable bonds is 3. The summed E-state index contributed by atoms with van der Waals surface area (Å²) >= 11 is 3.10. The van der Waals surface area contributed by atoms with Crippen molar-refractivity contribution in [1.82, 2.24) is 0 Å². The fourth-order valence-corrected chi connectivity index (χ4v) is 1.58. The van der Waals surface area contributed by atoms with Crippen LogP contribution in [0.1, 0.15) is 11.1 Å². The zero-order valence-corrected chi connectivity index (χ0v) is 14.7. The van der Waals surface area contributed by atoms with E-state index < -0.39 is 5.24 Å². The van der Waals surface area contributed by atoms with E-state index in [1.54, 1.807) is 0 Å². The Hall–Kier alpha value is -1.12. The van der Waals surface area contributed by atoms with Crippen molar-refractivity contribution in [3.8, 4) is 0 Å². The van der Waals surface area contributed by atoms with Gasteiger partial charge in [-0.15, -0.1) is 0 Å². The van der Waals surface area contributed by atoms with Crippen LogP contribution in [0.3, 0.4) is 0 Å². The fourth-order valence-electron chi connectivity index (χ4n) is 1.58. The molecule has 0 unspecified atom stereocenters. The maximum absolute atomic E-state index is 9.09. The van der Waals surface area contributed by atoms with E-state index in [2.05, 4.69) is 79.0 Å². The van der Waals surface area contributed by atoms with Crippen LogP contribution in [0.4, 0.5) is 4.79 Å². The molecule has 0 aromatic heterocycles. The van der Waals surface area contributed by atoms with Crippen LogP contribution in [0.25, 0.3) is 0 Å². The Bertz CT molecular complexity index is 419. The molecule has 0 heterocycles. The number of hydrogen-bond acceptors (Lipinski definition) is 1. The number of carbonyl (C=O) groups is 1. The molecular weight excluding hydrogens is 308 g/mol. The minimum Gasteiger partial charge on any atom is -0.361 e. The molecule has 2 rings (SSSR count). The molecule has 0 saturated heterocycles.